The van der Waals surface area contributed by atoms with Crippen molar-refractivity contribution < 1.29 is 0 Å². The fourth-order valence-corrected chi connectivity index (χ4v) is 4.07. The van der Waals surface area contributed by atoms with Crippen LogP contribution in [0.5, 0.6) is 0 Å². The van der Waals surface area contributed by atoms with Gasteiger partial charge in [-0.2, -0.15) is 0 Å². The Labute approximate surface area is 146 Å². The van der Waals surface area contributed by atoms with E-state index in [0.717, 1.165) is 16.1 Å². The molecule has 3 rings (SSSR count). The summed E-state index contributed by atoms with van der Waals surface area (Å²) in [4.78, 5) is 17.8. The van der Waals surface area contributed by atoms with Crippen molar-refractivity contribution in [1.82, 2.24) is 9.55 Å². The van der Waals surface area contributed by atoms with Gasteiger partial charge in [0.25, 0.3) is 5.56 Å². The number of thiophene rings is 1. The molecule has 114 valence electrons. The Bertz CT molecular complexity index is 952. The van der Waals surface area contributed by atoms with Gasteiger partial charge in [-0.05, 0) is 36.8 Å². The van der Waals surface area contributed by atoms with Gasteiger partial charge in [-0.15, -0.1) is 11.3 Å². The molecule has 0 aliphatic carbocycles. The van der Waals surface area contributed by atoms with Gasteiger partial charge in [0.05, 0.1) is 11.9 Å². The highest BCUT2D eigenvalue weighted by molar-refractivity contribution is 7.71. The summed E-state index contributed by atoms with van der Waals surface area (Å²) in [6.45, 7) is 2.31. The van der Waals surface area contributed by atoms with E-state index < -0.39 is 0 Å². The Morgan fingerprint density at radius 1 is 1.32 bits per heavy atom. The molecule has 0 saturated carbocycles. The lowest BCUT2D eigenvalue weighted by Crippen LogP contribution is -2.22. The topological polar surface area (TPSA) is 37.8 Å². The molecule has 0 radical (unpaired) electrons. The number of nitrogens with one attached hydrogen (secondary N) is 1. The number of nitrogens with zero attached hydrogens (tertiary/aromatic N) is 1. The van der Waals surface area contributed by atoms with Gasteiger partial charge in [0.15, 0.2) is 4.77 Å². The van der Waals surface area contributed by atoms with Crippen LogP contribution in [0.1, 0.15) is 17.4 Å². The van der Waals surface area contributed by atoms with Gasteiger partial charge in [0.2, 0.25) is 0 Å². The van der Waals surface area contributed by atoms with Crippen molar-refractivity contribution in [2.45, 2.75) is 19.9 Å². The number of aromatic amines is 1. The largest absolute Gasteiger partial charge is 0.323 e. The van der Waals surface area contributed by atoms with Crippen LogP contribution in [-0.2, 0) is 13.0 Å². The zero-order valence-corrected chi connectivity index (χ0v) is 14.8. The number of hydrogen-bond donors (Lipinski definition) is 1. The van der Waals surface area contributed by atoms with Crippen LogP contribution in [0, 0.1) is 4.77 Å². The fourth-order valence-electron chi connectivity index (χ4n) is 2.26. The predicted octanol–water partition coefficient (Wildman–Crippen LogP) is 5.04. The lowest BCUT2D eigenvalue weighted by atomic mass is 10.2. The second-order valence-corrected chi connectivity index (χ2v) is 7.17. The third-order valence-electron chi connectivity index (χ3n) is 3.45. The van der Waals surface area contributed by atoms with Crippen LogP contribution in [0.3, 0.4) is 0 Å². The molecular formula is C15H12Cl2N2OS2. The Kier molecular flexibility index (Phi) is 4.41. The summed E-state index contributed by atoms with van der Waals surface area (Å²) >= 11 is 19.3. The van der Waals surface area contributed by atoms with E-state index in [1.807, 2.05) is 6.07 Å². The maximum Gasteiger partial charge on any atom is 0.263 e. The first-order valence-corrected chi connectivity index (χ1v) is 8.67. The number of fused-ring (bicyclic) bond motifs is 1. The number of halogens is 2. The predicted molar refractivity (Wildman–Crippen MR) is 96.2 cm³/mol. The first-order valence-electron chi connectivity index (χ1n) is 6.69. The minimum Gasteiger partial charge on any atom is -0.323 e. The van der Waals surface area contributed by atoms with Crippen molar-refractivity contribution >= 4 is 57.0 Å². The maximum absolute atomic E-state index is 12.7. The standard InChI is InChI=1S/C15H12Cl2N2OS2/c1-2-8-6-9-13(22-8)18-15(21)19(14(9)20)7-10-11(16)4-3-5-12(10)17/h3-6H,2,7H2,1H3,(H,18,21). The van der Waals surface area contributed by atoms with Gasteiger partial charge in [-0.25, -0.2) is 0 Å². The molecule has 0 bridgehead atoms. The van der Waals surface area contributed by atoms with Crippen molar-refractivity contribution in [1.29, 1.82) is 0 Å². The van der Waals surface area contributed by atoms with E-state index in [1.54, 1.807) is 29.5 Å². The van der Waals surface area contributed by atoms with Crippen LogP contribution in [0.15, 0.2) is 29.1 Å². The van der Waals surface area contributed by atoms with Crippen LogP contribution in [0.4, 0.5) is 0 Å². The molecule has 0 atom stereocenters. The zero-order chi connectivity index (χ0) is 15.9. The second kappa shape index (κ2) is 6.16. The van der Waals surface area contributed by atoms with Crippen molar-refractivity contribution in [3.63, 3.8) is 0 Å². The van der Waals surface area contributed by atoms with E-state index in [4.69, 9.17) is 35.4 Å². The van der Waals surface area contributed by atoms with Crippen LogP contribution in [0.25, 0.3) is 10.2 Å². The minimum atomic E-state index is -0.120. The molecule has 7 heteroatoms. The number of benzene rings is 1. The van der Waals surface area contributed by atoms with Crippen LogP contribution >= 0.6 is 46.8 Å². The second-order valence-electron chi connectivity index (χ2n) is 4.83. The van der Waals surface area contributed by atoms with E-state index in [0.29, 0.717) is 25.8 Å². The normalized spacial score (nSPS) is 11.2. The average Bonchev–Trinajstić information content (AvgIpc) is 2.89. The minimum absolute atomic E-state index is 0.120. The molecular weight excluding hydrogens is 359 g/mol. The van der Waals surface area contributed by atoms with Gasteiger partial charge >= 0.3 is 0 Å². The number of hydrogen-bond acceptors (Lipinski definition) is 3. The Morgan fingerprint density at radius 2 is 2.00 bits per heavy atom. The lowest BCUT2D eigenvalue weighted by Gasteiger charge is -2.09. The summed E-state index contributed by atoms with van der Waals surface area (Å²) in [5.74, 6) is 0. The SMILES string of the molecule is CCc1cc2c(=O)n(Cc3c(Cl)cccc3Cl)c(=S)[nH]c2s1. The van der Waals surface area contributed by atoms with Crippen LogP contribution < -0.4 is 5.56 Å². The molecule has 0 amide bonds. The lowest BCUT2D eigenvalue weighted by molar-refractivity contribution is 0.735. The summed E-state index contributed by atoms with van der Waals surface area (Å²) in [6.07, 6.45) is 0.885. The van der Waals surface area contributed by atoms with Gasteiger partial charge in [-0.3, -0.25) is 9.36 Å². The first kappa shape index (κ1) is 15.7. The fraction of sp³-hybridized carbons (Fsp3) is 0.200. The molecule has 0 aliphatic heterocycles. The summed E-state index contributed by atoms with van der Waals surface area (Å²) in [5.41, 5.74) is 0.573. The monoisotopic (exact) mass is 370 g/mol. The van der Waals surface area contributed by atoms with E-state index in [9.17, 15) is 4.79 Å². The van der Waals surface area contributed by atoms with Crippen molar-refractivity contribution in [2.75, 3.05) is 0 Å². The average molecular weight is 371 g/mol. The molecule has 2 heterocycles. The van der Waals surface area contributed by atoms with E-state index in [1.165, 1.54) is 4.57 Å². The van der Waals surface area contributed by atoms with Gasteiger partial charge in [0, 0.05) is 20.5 Å². The Balaban J connectivity index is 2.19. The van der Waals surface area contributed by atoms with Crippen molar-refractivity contribution in [3.05, 3.63) is 59.9 Å². The summed E-state index contributed by atoms with van der Waals surface area (Å²) in [5, 5.41) is 1.69. The van der Waals surface area contributed by atoms with Crippen LogP contribution in [0.2, 0.25) is 10.0 Å². The van der Waals surface area contributed by atoms with Gasteiger partial charge in [0.1, 0.15) is 4.83 Å². The molecule has 0 unspecified atom stereocenters. The summed E-state index contributed by atoms with van der Waals surface area (Å²) in [7, 11) is 0. The smallest absolute Gasteiger partial charge is 0.263 e. The van der Waals surface area contributed by atoms with E-state index in [-0.39, 0.29) is 12.1 Å². The Hall–Kier alpha value is -1.14. The van der Waals surface area contributed by atoms with Crippen LogP contribution in [-0.4, -0.2) is 9.55 Å². The number of aryl methyl sites for hydroxylation is 1. The van der Waals surface area contributed by atoms with Crippen molar-refractivity contribution in [3.8, 4) is 0 Å². The molecule has 22 heavy (non-hydrogen) atoms. The number of rotatable bonds is 3. The third kappa shape index (κ3) is 2.74. The first-order chi connectivity index (χ1) is 10.5. The highest BCUT2D eigenvalue weighted by atomic mass is 35.5. The molecule has 0 saturated heterocycles. The highest BCUT2D eigenvalue weighted by Crippen LogP contribution is 2.26. The quantitative estimate of drug-likeness (QED) is 0.655. The summed E-state index contributed by atoms with van der Waals surface area (Å²) in [6, 6.07) is 7.18. The Morgan fingerprint density at radius 3 is 2.64 bits per heavy atom. The summed E-state index contributed by atoms with van der Waals surface area (Å²) < 4.78 is 1.87. The molecule has 3 aromatic rings. The highest BCUT2D eigenvalue weighted by Gasteiger charge is 2.12. The zero-order valence-electron chi connectivity index (χ0n) is 11.7. The van der Waals surface area contributed by atoms with Gasteiger partial charge in [-0.1, -0.05) is 36.2 Å². The van der Waals surface area contributed by atoms with E-state index >= 15 is 0 Å². The maximum atomic E-state index is 12.7. The molecule has 1 N–H and O–H groups in total. The molecule has 2 aromatic heterocycles. The number of H-pyrrole nitrogens is 1. The van der Waals surface area contributed by atoms with E-state index in [2.05, 4.69) is 11.9 Å². The molecule has 1 aromatic carbocycles. The molecule has 3 nitrogen and oxygen atoms in total. The van der Waals surface area contributed by atoms with Gasteiger partial charge < -0.3 is 4.98 Å². The van der Waals surface area contributed by atoms with Crippen molar-refractivity contribution in [2.24, 2.45) is 0 Å². The molecule has 0 spiro atoms. The molecule has 0 aliphatic rings. The molecule has 0 fully saturated rings. The third-order valence-corrected chi connectivity index (χ3v) is 5.68. The number of aromatic nitrogens is 2.